The zero-order chi connectivity index (χ0) is 21.2. The molecule has 0 fully saturated rings. The summed E-state index contributed by atoms with van der Waals surface area (Å²) in [6, 6.07) is 1.42. The molecular weight excluding hydrogens is 438 g/mol. The Morgan fingerprint density at radius 1 is 1.25 bits per heavy atom. The van der Waals surface area contributed by atoms with Crippen LogP contribution in [0.4, 0.5) is 5.00 Å². The molecule has 0 aliphatic heterocycles. The monoisotopic (exact) mass is 461 g/mol. The van der Waals surface area contributed by atoms with Gasteiger partial charge >= 0.3 is 5.97 Å². The lowest BCUT2D eigenvalue weighted by molar-refractivity contribution is 0.0527. The van der Waals surface area contributed by atoms with Gasteiger partial charge in [0.2, 0.25) is 0 Å². The molecule has 0 bridgehead atoms. The lowest BCUT2D eigenvalue weighted by Crippen LogP contribution is -2.15. The normalized spacial score (nSPS) is 11.7. The van der Waals surface area contributed by atoms with Gasteiger partial charge in [-0.2, -0.15) is 0 Å². The molecule has 2 heterocycles. The van der Waals surface area contributed by atoms with Crippen LogP contribution in [-0.2, 0) is 14.6 Å². The van der Waals surface area contributed by atoms with Crippen LogP contribution in [0.3, 0.4) is 0 Å². The number of thioether (sulfide) groups is 1. The molecule has 1 amide bonds. The van der Waals surface area contributed by atoms with Crippen LogP contribution in [0.25, 0.3) is 0 Å². The minimum absolute atomic E-state index is 0.175. The van der Waals surface area contributed by atoms with Gasteiger partial charge < -0.3 is 10.1 Å². The summed E-state index contributed by atoms with van der Waals surface area (Å²) in [6.07, 6.45) is 1.78. The van der Waals surface area contributed by atoms with Gasteiger partial charge in [-0.05, 0) is 52.5 Å². The molecule has 0 radical (unpaired) electrons. The van der Waals surface area contributed by atoms with Crippen LogP contribution in [0, 0.1) is 13.8 Å². The minimum atomic E-state index is -3.50. The molecule has 0 saturated heterocycles. The number of rotatable bonds is 7. The fourth-order valence-electron chi connectivity index (χ4n) is 2.39. The number of thiophene rings is 2. The molecule has 154 valence electrons. The van der Waals surface area contributed by atoms with E-state index in [4.69, 9.17) is 4.74 Å². The van der Waals surface area contributed by atoms with E-state index in [0.29, 0.717) is 14.8 Å². The summed E-state index contributed by atoms with van der Waals surface area (Å²) in [5.41, 5.74) is 1.10. The number of nitrogens with one attached hydrogen (secondary N) is 1. The van der Waals surface area contributed by atoms with Crippen molar-refractivity contribution in [3.8, 4) is 0 Å². The summed E-state index contributed by atoms with van der Waals surface area (Å²) in [4.78, 5) is 26.4. The first kappa shape index (κ1) is 22.9. The zero-order valence-corrected chi connectivity index (χ0v) is 19.8. The lowest BCUT2D eigenvalue weighted by atomic mass is 10.1. The van der Waals surface area contributed by atoms with Crippen molar-refractivity contribution in [3.05, 3.63) is 26.9 Å². The molecule has 0 spiro atoms. The molecule has 1 N–H and O–H groups in total. The van der Waals surface area contributed by atoms with Crippen LogP contribution in [0.1, 0.15) is 51.2 Å². The Kier molecular flexibility index (Phi) is 7.35. The molecule has 0 aliphatic carbocycles. The van der Waals surface area contributed by atoms with E-state index in [9.17, 15) is 18.0 Å². The Hall–Kier alpha value is -1.36. The topological polar surface area (TPSA) is 89.5 Å². The second-order valence-corrected chi connectivity index (χ2v) is 12.0. The van der Waals surface area contributed by atoms with Crippen molar-refractivity contribution in [3.63, 3.8) is 0 Å². The van der Waals surface area contributed by atoms with E-state index in [2.05, 4.69) is 5.32 Å². The molecular formula is C18H23NO5S4. The predicted molar refractivity (Wildman–Crippen MR) is 116 cm³/mol. The Bertz CT molecular complexity index is 1000. The molecule has 0 unspecified atom stereocenters. The van der Waals surface area contributed by atoms with Gasteiger partial charge in [0.05, 0.1) is 31.4 Å². The third-order valence-electron chi connectivity index (χ3n) is 4.09. The van der Waals surface area contributed by atoms with Crippen LogP contribution < -0.4 is 5.32 Å². The third kappa shape index (κ3) is 4.45. The van der Waals surface area contributed by atoms with Gasteiger partial charge in [-0.3, -0.25) is 4.79 Å². The number of ether oxygens (including phenoxy) is 1. The van der Waals surface area contributed by atoms with E-state index < -0.39 is 27.0 Å². The number of esters is 1. The molecule has 28 heavy (non-hydrogen) atoms. The van der Waals surface area contributed by atoms with E-state index in [-0.39, 0.29) is 16.4 Å². The second kappa shape index (κ2) is 8.98. The number of carbonyl (C=O) groups excluding carboxylic acids is 2. The minimum Gasteiger partial charge on any atom is -0.462 e. The van der Waals surface area contributed by atoms with Crippen molar-refractivity contribution in [2.75, 3.05) is 18.2 Å². The third-order valence-corrected chi connectivity index (χ3v) is 9.92. The van der Waals surface area contributed by atoms with Crippen molar-refractivity contribution in [1.29, 1.82) is 0 Å². The van der Waals surface area contributed by atoms with E-state index in [0.717, 1.165) is 21.8 Å². The summed E-state index contributed by atoms with van der Waals surface area (Å²) in [6.45, 7) is 8.84. The fraction of sp³-hybridized carbons (Fsp3) is 0.444. The van der Waals surface area contributed by atoms with Crippen LogP contribution in [0.5, 0.6) is 0 Å². The van der Waals surface area contributed by atoms with Crippen molar-refractivity contribution >= 4 is 61.2 Å². The first-order valence-corrected chi connectivity index (χ1v) is 12.9. The van der Waals surface area contributed by atoms with Crippen LogP contribution in [-0.4, -0.2) is 38.4 Å². The maximum atomic E-state index is 12.8. The van der Waals surface area contributed by atoms with E-state index in [1.807, 2.05) is 6.92 Å². The van der Waals surface area contributed by atoms with Crippen molar-refractivity contribution < 1.29 is 22.7 Å². The largest absolute Gasteiger partial charge is 0.462 e. The highest BCUT2D eigenvalue weighted by molar-refractivity contribution is 8.01. The number of hydrogen-bond donors (Lipinski definition) is 1. The summed E-state index contributed by atoms with van der Waals surface area (Å²) >= 11 is 3.71. The highest BCUT2D eigenvalue weighted by atomic mass is 32.2. The molecule has 6 nitrogen and oxygen atoms in total. The first-order chi connectivity index (χ1) is 13.0. The van der Waals surface area contributed by atoms with E-state index in [1.54, 1.807) is 34.0 Å². The zero-order valence-electron chi connectivity index (χ0n) is 16.5. The summed E-state index contributed by atoms with van der Waals surface area (Å²) < 4.78 is 30.8. The number of anilines is 1. The second-order valence-electron chi connectivity index (χ2n) is 6.22. The smallest absolute Gasteiger partial charge is 0.341 e. The molecule has 10 heteroatoms. The fourth-order valence-corrected chi connectivity index (χ4v) is 7.15. The standard InChI is InChI=1S/C18H23NO5S4/c1-7-24-17(21)14-10(4)11(5)26-16(14)19-15(20)12-8-13(18(25-6)27-12)28(22,23)9(2)3/h8-9H,7H2,1-6H3,(H,19,20). The molecule has 0 atom stereocenters. The Morgan fingerprint density at radius 3 is 2.43 bits per heavy atom. The summed E-state index contributed by atoms with van der Waals surface area (Å²) in [5.74, 6) is -0.934. The van der Waals surface area contributed by atoms with Gasteiger partial charge in [0.1, 0.15) is 5.00 Å². The number of carbonyl (C=O) groups is 2. The van der Waals surface area contributed by atoms with Crippen LogP contribution in [0.2, 0.25) is 0 Å². The summed E-state index contributed by atoms with van der Waals surface area (Å²) in [5, 5.41) is 2.58. The van der Waals surface area contributed by atoms with Gasteiger partial charge in [-0.25, -0.2) is 13.2 Å². The summed E-state index contributed by atoms with van der Waals surface area (Å²) in [7, 11) is -3.50. The van der Waals surface area contributed by atoms with Crippen LogP contribution in [0.15, 0.2) is 15.2 Å². The SMILES string of the molecule is CCOC(=O)c1c(NC(=O)c2cc(S(=O)(=O)C(C)C)c(SC)s2)sc(C)c1C. The number of hydrogen-bond acceptors (Lipinski definition) is 8. The van der Waals surface area contributed by atoms with Crippen LogP contribution >= 0.6 is 34.4 Å². The van der Waals surface area contributed by atoms with Crippen molar-refractivity contribution in [2.24, 2.45) is 0 Å². The average Bonchev–Trinajstić information content (AvgIpc) is 3.17. The number of sulfone groups is 1. The molecule has 2 rings (SSSR count). The molecule has 2 aromatic rings. The van der Waals surface area contributed by atoms with Crippen molar-refractivity contribution in [2.45, 2.75) is 49.0 Å². The van der Waals surface area contributed by atoms with Gasteiger partial charge in [-0.15, -0.1) is 34.4 Å². The van der Waals surface area contributed by atoms with Gasteiger partial charge in [0.25, 0.3) is 5.91 Å². The Labute approximate surface area is 177 Å². The highest BCUT2D eigenvalue weighted by Gasteiger charge is 2.28. The van der Waals surface area contributed by atoms with E-state index in [1.165, 1.54) is 29.2 Å². The maximum absolute atomic E-state index is 12.8. The Morgan fingerprint density at radius 2 is 1.89 bits per heavy atom. The number of aryl methyl sites for hydroxylation is 1. The molecule has 2 aromatic heterocycles. The lowest BCUT2D eigenvalue weighted by Gasteiger charge is -2.07. The maximum Gasteiger partial charge on any atom is 0.341 e. The van der Waals surface area contributed by atoms with E-state index >= 15 is 0 Å². The van der Waals surface area contributed by atoms with Crippen molar-refractivity contribution in [1.82, 2.24) is 0 Å². The van der Waals surface area contributed by atoms with Gasteiger partial charge in [0, 0.05) is 4.88 Å². The first-order valence-electron chi connectivity index (χ1n) is 8.54. The average molecular weight is 462 g/mol. The molecule has 0 aromatic carbocycles. The highest BCUT2D eigenvalue weighted by Crippen LogP contribution is 2.37. The van der Waals surface area contributed by atoms with Gasteiger partial charge in [-0.1, -0.05) is 0 Å². The Balaban J connectivity index is 2.41. The van der Waals surface area contributed by atoms with Gasteiger partial charge in [0.15, 0.2) is 9.84 Å². The number of amides is 1. The quantitative estimate of drug-likeness (QED) is 0.472. The molecule has 0 aliphatic rings. The molecule has 0 saturated carbocycles. The predicted octanol–water partition coefficient (Wildman–Crippen LogP) is 4.76.